The highest BCUT2D eigenvalue weighted by molar-refractivity contribution is 5.91. The summed E-state index contributed by atoms with van der Waals surface area (Å²) in [7, 11) is 0. The van der Waals surface area contributed by atoms with E-state index in [9.17, 15) is 4.79 Å². The van der Waals surface area contributed by atoms with E-state index in [2.05, 4.69) is 15.3 Å². The van der Waals surface area contributed by atoms with Crippen LogP contribution < -0.4 is 0 Å². The summed E-state index contributed by atoms with van der Waals surface area (Å²) in [4.78, 5) is 15.1. The first-order chi connectivity index (χ1) is 7.65. The predicted molar refractivity (Wildman–Crippen MR) is 58.1 cm³/mol. The zero-order valence-corrected chi connectivity index (χ0v) is 9.21. The molecule has 0 fully saturated rings. The van der Waals surface area contributed by atoms with E-state index in [-0.39, 0.29) is 5.78 Å². The van der Waals surface area contributed by atoms with Gasteiger partial charge < -0.3 is 0 Å². The summed E-state index contributed by atoms with van der Waals surface area (Å²) in [6.07, 6.45) is 5.22. The number of carbonyl (C=O) groups excluding carboxylic acids is 1. The van der Waals surface area contributed by atoms with E-state index in [1.165, 1.54) is 6.92 Å². The predicted octanol–water partition coefficient (Wildman–Crippen LogP) is 1.23. The number of pyridine rings is 1. The molecule has 0 unspecified atom stereocenters. The molecule has 2 rings (SSSR count). The van der Waals surface area contributed by atoms with Crippen molar-refractivity contribution in [1.82, 2.24) is 20.0 Å². The molecule has 0 aliphatic rings. The van der Waals surface area contributed by atoms with Crippen LogP contribution in [0, 0.1) is 6.92 Å². The van der Waals surface area contributed by atoms with Crippen molar-refractivity contribution in [3.63, 3.8) is 0 Å². The van der Waals surface area contributed by atoms with Crippen LogP contribution in [0.5, 0.6) is 0 Å². The second kappa shape index (κ2) is 4.22. The molecule has 2 heterocycles. The lowest BCUT2D eigenvalue weighted by atomic mass is 10.2. The summed E-state index contributed by atoms with van der Waals surface area (Å²) < 4.78 is 1.63. The monoisotopic (exact) mass is 216 g/mol. The summed E-state index contributed by atoms with van der Waals surface area (Å²) in [6, 6.07) is 2.03. The molecule has 0 saturated carbocycles. The number of hydrogen-bond donors (Lipinski definition) is 0. The molecule has 82 valence electrons. The minimum Gasteiger partial charge on any atom is -0.293 e. The van der Waals surface area contributed by atoms with Crippen LogP contribution in [0.25, 0.3) is 0 Å². The zero-order chi connectivity index (χ0) is 11.5. The molecule has 0 N–H and O–H groups in total. The standard InChI is InChI=1S/C11H12N4O/c1-8-3-10(5-12-4-8)6-15-7-11(9(2)16)13-14-15/h3-5,7H,6H2,1-2H3. The average Bonchev–Trinajstić information content (AvgIpc) is 2.66. The van der Waals surface area contributed by atoms with E-state index in [4.69, 9.17) is 0 Å². The lowest BCUT2D eigenvalue weighted by molar-refractivity contribution is 0.101. The van der Waals surface area contributed by atoms with E-state index in [1.807, 2.05) is 13.0 Å². The quantitative estimate of drug-likeness (QED) is 0.724. The van der Waals surface area contributed by atoms with Gasteiger partial charge in [-0.25, -0.2) is 4.68 Å². The molecular formula is C11H12N4O. The smallest absolute Gasteiger partial charge is 0.181 e. The van der Waals surface area contributed by atoms with Crippen LogP contribution in [0.1, 0.15) is 28.5 Å². The second-order valence-corrected chi connectivity index (χ2v) is 3.73. The zero-order valence-electron chi connectivity index (χ0n) is 9.21. The molecule has 16 heavy (non-hydrogen) atoms. The fourth-order valence-corrected chi connectivity index (χ4v) is 1.43. The Hall–Kier alpha value is -2.04. The van der Waals surface area contributed by atoms with Crippen LogP contribution in [0.15, 0.2) is 24.7 Å². The topological polar surface area (TPSA) is 60.7 Å². The van der Waals surface area contributed by atoms with Crippen LogP contribution in [-0.4, -0.2) is 25.8 Å². The van der Waals surface area contributed by atoms with Crippen molar-refractivity contribution < 1.29 is 4.79 Å². The Bertz CT molecular complexity index is 518. The maximum atomic E-state index is 11.0. The number of ketones is 1. The third-order valence-electron chi connectivity index (χ3n) is 2.18. The van der Waals surface area contributed by atoms with Gasteiger partial charge in [0, 0.05) is 19.3 Å². The van der Waals surface area contributed by atoms with Gasteiger partial charge >= 0.3 is 0 Å². The van der Waals surface area contributed by atoms with Crippen molar-refractivity contribution in [2.75, 3.05) is 0 Å². The van der Waals surface area contributed by atoms with Crippen molar-refractivity contribution in [2.45, 2.75) is 20.4 Å². The molecule has 2 aromatic rings. The highest BCUT2D eigenvalue weighted by atomic mass is 16.1. The van der Waals surface area contributed by atoms with Crippen LogP contribution in [-0.2, 0) is 6.54 Å². The Morgan fingerprint density at radius 1 is 1.44 bits per heavy atom. The fraction of sp³-hybridized carbons (Fsp3) is 0.273. The van der Waals surface area contributed by atoms with E-state index >= 15 is 0 Å². The maximum absolute atomic E-state index is 11.0. The second-order valence-electron chi connectivity index (χ2n) is 3.73. The summed E-state index contributed by atoms with van der Waals surface area (Å²) in [5, 5.41) is 7.66. The molecule has 0 aromatic carbocycles. The van der Waals surface area contributed by atoms with Crippen molar-refractivity contribution in [2.24, 2.45) is 0 Å². The van der Waals surface area contributed by atoms with Crippen LogP contribution in [0.2, 0.25) is 0 Å². The number of hydrogen-bond acceptors (Lipinski definition) is 4. The highest BCUT2D eigenvalue weighted by Crippen LogP contribution is 2.04. The van der Waals surface area contributed by atoms with E-state index in [0.29, 0.717) is 12.2 Å². The van der Waals surface area contributed by atoms with Crippen molar-refractivity contribution in [3.8, 4) is 0 Å². The Kier molecular flexibility index (Phi) is 2.76. The minimum absolute atomic E-state index is 0.0754. The van der Waals surface area contributed by atoms with E-state index in [0.717, 1.165) is 11.1 Å². The Balaban J connectivity index is 2.17. The third kappa shape index (κ3) is 2.31. The number of aryl methyl sites for hydroxylation is 1. The Labute approximate surface area is 93.1 Å². The Morgan fingerprint density at radius 2 is 2.25 bits per heavy atom. The van der Waals surface area contributed by atoms with Gasteiger partial charge in [0.2, 0.25) is 0 Å². The SMILES string of the molecule is CC(=O)c1cn(Cc2cncc(C)c2)nn1. The summed E-state index contributed by atoms with van der Waals surface area (Å²) in [5.74, 6) is -0.0754. The summed E-state index contributed by atoms with van der Waals surface area (Å²) in [5.41, 5.74) is 2.53. The van der Waals surface area contributed by atoms with Crippen molar-refractivity contribution in [1.29, 1.82) is 0 Å². The van der Waals surface area contributed by atoms with Crippen LogP contribution >= 0.6 is 0 Å². The molecular weight excluding hydrogens is 204 g/mol. The fourth-order valence-electron chi connectivity index (χ4n) is 1.43. The van der Waals surface area contributed by atoms with Crippen LogP contribution in [0.4, 0.5) is 0 Å². The van der Waals surface area contributed by atoms with Gasteiger partial charge in [0.05, 0.1) is 12.7 Å². The molecule has 0 radical (unpaired) electrons. The average molecular weight is 216 g/mol. The number of Topliss-reactive ketones (excluding diaryl/α,β-unsaturated/α-hetero) is 1. The number of aromatic nitrogens is 4. The van der Waals surface area contributed by atoms with Gasteiger partial charge in [-0.3, -0.25) is 9.78 Å². The molecule has 2 aromatic heterocycles. The molecule has 5 heteroatoms. The van der Waals surface area contributed by atoms with Gasteiger partial charge in [0.25, 0.3) is 0 Å². The molecule has 0 aliphatic heterocycles. The normalized spacial score (nSPS) is 10.4. The molecule has 5 nitrogen and oxygen atoms in total. The molecule has 0 spiro atoms. The van der Waals surface area contributed by atoms with Crippen molar-refractivity contribution in [3.05, 3.63) is 41.5 Å². The highest BCUT2D eigenvalue weighted by Gasteiger charge is 2.05. The first kappa shape index (κ1) is 10.5. The van der Waals surface area contributed by atoms with Gasteiger partial charge in [0.15, 0.2) is 5.78 Å². The van der Waals surface area contributed by atoms with Gasteiger partial charge in [-0.1, -0.05) is 11.3 Å². The summed E-state index contributed by atoms with van der Waals surface area (Å²) in [6.45, 7) is 4.04. The Morgan fingerprint density at radius 3 is 2.88 bits per heavy atom. The molecule has 0 bridgehead atoms. The first-order valence-electron chi connectivity index (χ1n) is 4.97. The molecule has 0 amide bonds. The lowest BCUT2D eigenvalue weighted by Gasteiger charge is -2.00. The summed E-state index contributed by atoms with van der Waals surface area (Å²) >= 11 is 0. The number of carbonyl (C=O) groups is 1. The molecule has 0 saturated heterocycles. The number of nitrogens with zero attached hydrogens (tertiary/aromatic N) is 4. The number of rotatable bonds is 3. The van der Waals surface area contributed by atoms with Gasteiger partial charge in [0.1, 0.15) is 5.69 Å². The van der Waals surface area contributed by atoms with E-state index < -0.39 is 0 Å². The molecule has 0 atom stereocenters. The lowest BCUT2D eigenvalue weighted by Crippen LogP contribution is -2.01. The van der Waals surface area contributed by atoms with E-state index in [1.54, 1.807) is 23.3 Å². The minimum atomic E-state index is -0.0754. The van der Waals surface area contributed by atoms with Gasteiger partial charge in [-0.2, -0.15) is 0 Å². The maximum Gasteiger partial charge on any atom is 0.181 e. The van der Waals surface area contributed by atoms with Gasteiger partial charge in [-0.15, -0.1) is 5.10 Å². The first-order valence-corrected chi connectivity index (χ1v) is 4.97. The largest absolute Gasteiger partial charge is 0.293 e. The van der Waals surface area contributed by atoms with Crippen molar-refractivity contribution >= 4 is 5.78 Å². The van der Waals surface area contributed by atoms with Gasteiger partial charge in [-0.05, 0) is 18.1 Å². The molecule has 0 aliphatic carbocycles. The third-order valence-corrected chi connectivity index (χ3v) is 2.18. The van der Waals surface area contributed by atoms with Crippen LogP contribution in [0.3, 0.4) is 0 Å².